The number of aldehydes is 1. The molecule has 0 radical (unpaired) electrons. The lowest BCUT2D eigenvalue weighted by atomic mass is 10.1. The van der Waals surface area contributed by atoms with Crippen LogP contribution in [-0.2, 0) is 0 Å². The molecule has 0 atom stereocenters. The molecule has 0 aliphatic rings. The molecular formula is C62H39Cl9N10O. The quantitative estimate of drug-likeness (QED) is 0.0918. The Labute approximate surface area is 514 Å². The van der Waals surface area contributed by atoms with Crippen LogP contribution >= 0.6 is 104 Å². The molecule has 0 amide bonds. The van der Waals surface area contributed by atoms with E-state index in [-0.39, 0.29) is 0 Å². The Morgan fingerprint density at radius 1 is 0.439 bits per heavy atom. The van der Waals surface area contributed by atoms with Gasteiger partial charge in [0.1, 0.15) is 34.0 Å². The Bertz CT molecular complexity index is 4420. The molecule has 20 heteroatoms. The third-order valence-corrected chi connectivity index (χ3v) is 14.8. The summed E-state index contributed by atoms with van der Waals surface area (Å²) in [6, 6.07) is 55.0. The van der Waals surface area contributed by atoms with Crippen molar-refractivity contribution in [1.82, 2.24) is 37.7 Å². The number of hydrogen-bond acceptors (Lipinski definition) is 7. The van der Waals surface area contributed by atoms with Crippen molar-refractivity contribution in [2.24, 2.45) is 4.99 Å². The molecule has 0 saturated carbocycles. The minimum absolute atomic E-state index is 0.458. The summed E-state index contributed by atoms with van der Waals surface area (Å²) < 4.78 is 7.70. The molecule has 11 nitrogen and oxygen atoms in total. The first kappa shape index (κ1) is 57.6. The van der Waals surface area contributed by atoms with Crippen molar-refractivity contribution >= 4 is 145 Å². The van der Waals surface area contributed by atoms with Crippen molar-refractivity contribution in [3.8, 4) is 50.8 Å². The van der Waals surface area contributed by atoms with Crippen LogP contribution in [0.25, 0.3) is 67.8 Å². The molecule has 6 aromatic carbocycles. The maximum absolute atomic E-state index is 11.3. The molecule has 7 heterocycles. The van der Waals surface area contributed by atoms with E-state index >= 15 is 0 Å². The third-order valence-electron chi connectivity index (χ3n) is 12.3. The lowest BCUT2D eigenvalue weighted by Gasteiger charge is -2.11. The van der Waals surface area contributed by atoms with Crippen LogP contribution in [-0.4, -0.2) is 50.2 Å². The fourth-order valence-corrected chi connectivity index (χ4v) is 10.0. The Balaban J connectivity index is 0.000000131. The van der Waals surface area contributed by atoms with E-state index in [1.807, 2.05) is 135 Å². The highest BCUT2D eigenvalue weighted by Gasteiger charge is 2.22. The standard InChI is InChI=1S/C22H13Cl3N4.C20H12Cl3N3.C14H8Cl2N2O.C6H6ClN/c23-14-4-7-16(8-5-14)29-13-26-12-19(29)22-21(17-11-15(24)6-9-18(17)25)27-20-3-1-2-10-28(20)22;21-13-4-7-15(8-5-13)24-12-18-20(16-11-14(22)6-9-17(16)23)25-19-3-1-2-10-26(18)19;15-9-4-5-11(16)10(7-9)14-12(8-19)18-6-2-1-3-13(18)17-14;7-5-1-3-6(8)4-2-5/h1-13H;1-12H;1-8H;1-4H,8H2. The smallest absolute Gasteiger partial charge is 0.169 e. The van der Waals surface area contributed by atoms with Gasteiger partial charge in [0, 0.05) is 76.8 Å². The number of carbonyl (C=O) groups excluding carboxylic acids is 1. The summed E-state index contributed by atoms with van der Waals surface area (Å²) in [5, 5.41) is 5.49. The number of carbonyl (C=O) groups is 1. The van der Waals surface area contributed by atoms with Crippen molar-refractivity contribution in [3.63, 3.8) is 0 Å². The van der Waals surface area contributed by atoms with Gasteiger partial charge in [-0.25, -0.2) is 19.9 Å². The molecule has 0 fully saturated rings. The molecule has 0 bridgehead atoms. The van der Waals surface area contributed by atoms with Crippen molar-refractivity contribution < 1.29 is 4.79 Å². The summed E-state index contributed by atoms with van der Waals surface area (Å²) in [6.07, 6.45) is 11.8. The lowest BCUT2D eigenvalue weighted by Crippen LogP contribution is -1.98. The van der Waals surface area contributed by atoms with Gasteiger partial charge >= 0.3 is 0 Å². The Kier molecular flexibility index (Phi) is 18.3. The summed E-state index contributed by atoms with van der Waals surface area (Å²) in [5.41, 5.74) is 17.3. The Morgan fingerprint density at radius 3 is 1.35 bits per heavy atom. The average molecular weight is 1260 g/mol. The minimum Gasteiger partial charge on any atom is -0.399 e. The van der Waals surface area contributed by atoms with E-state index in [1.54, 1.807) is 102 Å². The first-order chi connectivity index (χ1) is 39.7. The Morgan fingerprint density at radius 2 is 0.854 bits per heavy atom. The zero-order chi connectivity index (χ0) is 57.4. The average Bonchev–Trinajstić information content (AvgIpc) is 3.08. The van der Waals surface area contributed by atoms with Crippen molar-refractivity contribution in [1.29, 1.82) is 0 Å². The number of nitrogens with two attached hydrogens (primary N) is 1. The molecular weight excluding hydrogens is 1220 g/mol. The molecule has 7 aromatic heterocycles. The van der Waals surface area contributed by atoms with Crippen LogP contribution < -0.4 is 5.73 Å². The highest BCUT2D eigenvalue weighted by Crippen LogP contribution is 2.39. The number of imidazole rings is 4. The molecule has 406 valence electrons. The van der Waals surface area contributed by atoms with Crippen molar-refractivity contribution in [2.45, 2.75) is 0 Å². The molecule has 0 spiro atoms. The summed E-state index contributed by atoms with van der Waals surface area (Å²) in [5.74, 6) is 0. The second-order valence-electron chi connectivity index (χ2n) is 17.7. The van der Waals surface area contributed by atoms with Crippen molar-refractivity contribution in [3.05, 3.63) is 270 Å². The third kappa shape index (κ3) is 13.2. The van der Waals surface area contributed by atoms with Gasteiger partial charge < -0.3 is 5.73 Å². The predicted octanol–water partition coefficient (Wildman–Crippen LogP) is 19.6. The molecule has 0 saturated heterocycles. The van der Waals surface area contributed by atoms with E-state index < -0.39 is 0 Å². The number of benzene rings is 6. The van der Waals surface area contributed by atoms with E-state index in [1.165, 1.54) is 0 Å². The number of pyridine rings is 3. The number of aliphatic imine (C=N–C) groups is 1. The van der Waals surface area contributed by atoms with E-state index in [2.05, 4.69) is 15.0 Å². The largest absolute Gasteiger partial charge is 0.399 e. The topological polar surface area (TPSA) is 125 Å². The van der Waals surface area contributed by atoms with Gasteiger partial charge in [-0.1, -0.05) is 123 Å². The first-order valence-electron chi connectivity index (χ1n) is 24.5. The van der Waals surface area contributed by atoms with Gasteiger partial charge in [0.05, 0.1) is 62.3 Å². The second-order valence-corrected chi connectivity index (χ2v) is 21.5. The number of fused-ring (bicyclic) bond motifs is 3. The fourth-order valence-electron chi connectivity index (χ4n) is 8.53. The van der Waals surface area contributed by atoms with Gasteiger partial charge in [0.2, 0.25) is 0 Å². The summed E-state index contributed by atoms with van der Waals surface area (Å²) >= 11 is 55.0. The number of halogens is 9. The van der Waals surface area contributed by atoms with Crippen LogP contribution in [0.5, 0.6) is 0 Å². The van der Waals surface area contributed by atoms with Crippen LogP contribution in [0.1, 0.15) is 16.2 Å². The molecule has 0 unspecified atom stereocenters. The SMILES string of the molecule is Clc1ccc(-n2cncc2-c2c(-c3cc(Cl)ccc3Cl)nc3ccccn23)cc1.Clc1ccc(N=Cc2c(-c3cc(Cl)ccc3Cl)nc3ccccn23)cc1.Nc1ccc(Cl)cc1.O=Cc1c(-c2cc(Cl)ccc2Cl)nc2ccccn12. The Hall–Kier alpha value is -7.65. The molecule has 13 aromatic rings. The van der Waals surface area contributed by atoms with E-state index in [4.69, 9.17) is 120 Å². The van der Waals surface area contributed by atoms with Crippen LogP contribution in [0.4, 0.5) is 11.4 Å². The van der Waals surface area contributed by atoms with Crippen molar-refractivity contribution in [2.75, 3.05) is 5.73 Å². The summed E-state index contributed by atoms with van der Waals surface area (Å²) in [6.45, 7) is 0. The number of aromatic nitrogens is 8. The van der Waals surface area contributed by atoms with Crippen LogP contribution in [0.2, 0.25) is 45.2 Å². The maximum atomic E-state index is 11.3. The van der Waals surface area contributed by atoms with E-state index in [9.17, 15) is 4.79 Å². The van der Waals surface area contributed by atoms with Gasteiger partial charge in [-0.3, -0.25) is 27.6 Å². The predicted molar refractivity (Wildman–Crippen MR) is 339 cm³/mol. The van der Waals surface area contributed by atoms with Gasteiger partial charge in [0.15, 0.2) is 6.29 Å². The zero-order valence-corrected chi connectivity index (χ0v) is 49.1. The van der Waals surface area contributed by atoms with Gasteiger partial charge in [-0.2, -0.15) is 0 Å². The second kappa shape index (κ2) is 26.1. The molecule has 82 heavy (non-hydrogen) atoms. The number of nitrogen functional groups attached to an aromatic ring is 1. The maximum Gasteiger partial charge on any atom is 0.169 e. The van der Waals surface area contributed by atoms with Gasteiger partial charge in [-0.05, 0) is 164 Å². The van der Waals surface area contributed by atoms with Crippen LogP contribution in [0.3, 0.4) is 0 Å². The highest BCUT2D eigenvalue weighted by molar-refractivity contribution is 6.37. The minimum atomic E-state index is 0.458. The van der Waals surface area contributed by atoms with Crippen LogP contribution in [0.15, 0.2) is 218 Å². The number of hydrogen-bond donors (Lipinski definition) is 1. The number of nitrogens with zero attached hydrogens (tertiary/aromatic N) is 9. The summed E-state index contributed by atoms with van der Waals surface area (Å²) in [7, 11) is 0. The fraction of sp³-hybridized carbons (Fsp3) is 0. The van der Waals surface area contributed by atoms with E-state index in [0.29, 0.717) is 62.8 Å². The monoisotopic (exact) mass is 1250 g/mol. The molecule has 13 rings (SSSR count). The number of rotatable bonds is 8. The number of anilines is 1. The molecule has 2 N–H and O–H groups in total. The van der Waals surface area contributed by atoms with E-state index in [0.717, 1.165) is 79.3 Å². The highest BCUT2D eigenvalue weighted by atomic mass is 35.5. The summed E-state index contributed by atoms with van der Waals surface area (Å²) in [4.78, 5) is 34.3. The zero-order valence-electron chi connectivity index (χ0n) is 42.3. The molecule has 0 aliphatic heterocycles. The normalized spacial score (nSPS) is 11.0. The first-order valence-corrected chi connectivity index (χ1v) is 27.9. The van der Waals surface area contributed by atoms with Gasteiger partial charge in [-0.15, -0.1) is 0 Å². The van der Waals surface area contributed by atoms with Gasteiger partial charge in [0.25, 0.3) is 0 Å². The molecule has 0 aliphatic carbocycles. The van der Waals surface area contributed by atoms with Crippen LogP contribution in [0, 0.1) is 0 Å². The lowest BCUT2D eigenvalue weighted by molar-refractivity contribution is 0.111.